The third-order valence-electron chi connectivity index (χ3n) is 21.6. The molecule has 0 saturated carbocycles. The predicted octanol–water partition coefficient (Wildman–Crippen LogP) is 25.5. The lowest BCUT2D eigenvalue weighted by Crippen LogP contribution is -1.98. The first-order chi connectivity index (χ1) is 55.6. The molecule has 524 valence electrons. The van der Waals surface area contributed by atoms with Crippen LogP contribution in [0.3, 0.4) is 0 Å². The van der Waals surface area contributed by atoms with E-state index in [1.54, 1.807) is 0 Å². The number of nitrogens with zero attached hydrogens (tertiary/aromatic N) is 10. The average molecular weight is 1430 g/mol. The second kappa shape index (κ2) is 27.5. The van der Waals surface area contributed by atoms with E-state index in [0.29, 0.717) is 11.6 Å². The molecule has 0 fully saturated rings. The summed E-state index contributed by atoms with van der Waals surface area (Å²) >= 11 is 0. The van der Waals surface area contributed by atoms with Gasteiger partial charge >= 0.3 is 0 Å². The molecule has 0 saturated heterocycles. The third kappa shape index (κ3) is 11.4. The molecule has 0 aliphatic heterocycles. The smallest absolute Gasteiger partial charge is 0.160 e. The maximum absolute atomic E-state index is 5.12. The van der Waals surface area contributed by atoms with Crippen LogP contribution in [0.15, 0.2) is 401 Å². The van der Waals surface area contributed by atoms with E-state index >= 15 is 0 Å². The van der Waals surface area contributed by atoms with Crippen molar-refractivity contribution < 1.29 is 0 Å². The lowest BCUT2D eigenvalue weighted by atomic mass is 9.98. The summed E-state index contributed by atoms with van der Waals surface area (Å²) in [6.45, 7) is 0. The van der Waals surface area contributed by atoms with Gasteiger partial charge in [0.05, 0.1) is 55.9 Å². The first-order valence-electron chi connectivity index (χ1n) is 37.7. The molecule has 0 unspecified atom stereocenters. The maximum Gasteiger partial charge on any atom is 0.160 e. The summed E-state index contributed by atoms with van der Waals surface area (Å²) < 4.78 is 9.28. The molecule has 10 heteroatoms. The van der Waals surface area contributed by atoms with Gasteiger partial charge in [-0.05, 0) is 156 Å². The molecule has 14 aromatic carbocycles. The van der Waals surface area contributed by atoms with Gasteiger partial charge in [-0.15, -0.1) is 0 Å². The van der Waals surface area contributed by atoms with E-state index in [1.165, 1.54) is 60.3 Å². The Labute approximate surface area is 645 Å². The normalized spacial score (nSPS) is 11.6. The molecule has 0 spiro atoms. The number of hydrogen-bond acceptors (Lipinski definition) is 6. The Morgan fingerprint density at radius 2 is 0.500 bits per heavy atom. The van der Waals surface area contributed by atoms with Crippen LogP contribution in [0.25, 0.3) is 200 Å². The molecule has 0 amide bonds. The largest absolute Gasteiger partial charge is 0.309 e. The highest BCUT2D eigenvalue weighted by Gasteiger charge is 2.23. The molecule has 22 rings (SSSR count). The Kier molecular flexibility index (Phi) is 16.0. The number of fused-ring (bicyclic) bond motifs is 12. The summed E-state index contributed by atoms with van der Waals surface area (Å²) in [5, 5.41) is 9.46. The summed E-state index contributed by atoms with van der Waals surface area (Å²) in [7, 11) is 0. The minimum atomic E-state index is 0.672. The average Bonchev–Trinajstić information content (AvgIpc) is 1.59. The van der Waals surface area contributed by atoms with Crippen LogP contribution in [0.4, 0.5) is 0 Å². The molecule has 8 aromatic heterocycles. The van der Waals surface area contributed by atoms with Crippen LogP contribution in [0.5, 0.6) is 0 Å². The Morgan fingerprint density at radius 1 is 0.179 bits per heavy atom. The van der Waals surface area contributed by atoms with E-state index in [-0.39, 0.29) is 0 Å². The quantitative estimate of drug-likeness (QED) is 0.121. The molecule has 8 heterocycles. The van der Waals surface area contributed by atoms with Crippen LogP contribution in [-0.2, 0) is 0 Å². The number of rotatable bonds is 12. The Bertz CT molecular complexity index is 6800. The molecule has 0 aliphatic rings. The van der Waals surface area contributed by atoms with Crippen LogP contribution >= 0.6 is 0 Å². The molecule has 112 heavy (non-hydrogen) atoms. The van der Waals surface area contributed by atoms with E-state index in [9.17, 15) is 0 Å². The van der Waals surface area contributed by atoms with Crippen LogP contribution in [0.1, 0.15) is 0 Å². The molecule has 10 nitrogen and oxygen atoms in total. The minimum Gasteiger partial charge on any atom is -0.309 e. The van der Waals surface area contributed by atoms with E-state index < -0.39 is 0 Å². The zero-order valence-electron chi connectivity index (χ0n) is 60.6. The third-order valence-corrected chi connectivity index (χ3v) is 21.6. The van der Waals surface area contributed by atoms with Crippen molar-refractivity contribution in [3.05, 3.63) is 401 Å². The highest BCUT2D eigenvalue weighted by Crippen LogP contribution is 2.45. The molecular weight excluding hydrogens is 1370 g/mol. The number of benzene rings is 14. The van der Waals surface area contributed by atoms with Crippen LogP contribution in [0.2, 0.25) is 0 Å². The monoisotopic (exact) mass is 1430 g/mol. The van der Waals surface area contributed by atoms with Gasteiger partial charge in [0.15, 0.2) is 11.6 Å². The number of aromatic nitrogens is 10. The Balaban J connectivity index is 0.000000141. The van der Waals surface area contributed by atoms with Crippen molar-refractivity contribution in [1.29, 1.82) is 0 Å². The van der Waals surface area contributed by atoms with Crippen molar-refractivity contribution >= 4 is 87.5 Å². The van der Waals surface area contributed by atoms with Crippen molar-refractivity contribution in [2.75, 3.05) is 0 Å². The fraction of sp³-hybridized carbons (Fsp3) is 0. The number of hydrogen-bond donors (Lipinski definition) is 0. The number of para-hydroxylation sites is 4. The molecule has 0 radical (unpaired) electrons. The zero-order valence-corrected chi connectivity index (χ0v) is 60.6. The van der Waals surface area contributed by atoms with Crippen molar-refractivity contribution in [3.8, 4) is 113 Å². The Hall–Kier alpha value is -15.3. The van der Waals surface area contributed by atoms with Gasteiger partial charge in [0, 0.05) is 112 Å². The van der Waals surface area contributed by atoms with Crippen molar-refractivity contribution in [2.45, 2.75) is 0 Å². The van der Waals surface area contributed by atoms with Crippen LogP contribution in [-0.4, -0.2) is 48.2 Å². The zero-order chi connectivity index (χ0) is 74.0. The van der Waals surface area contributed by atoms with E-state index in [2.05, 4.69) is 322 Å². The summed E-state index contributed by atoms with van der Waals surface area (Å²) in [6, 6.07) is 136. The van der Waals surface area contributed by atoms with Crippen molar-refractivity contribution in [3.63, 3.8) is 0 Å². The van der Waals surface area contributed by atoms with Crippen LogP contribution in [0, 0.1) is 0 Å². The van der Waals surface area contributed by atoms with Gasteiger partial charge in [0.2, 0.25) is 0 Å². The minimum absolute atomic E-state index is 0.672. The van der Waals surface area contributed by atoms with Gasteiger partial charge in [-0.2, -0.15) is 0 Å². The highest BCUT2D eigenvalue weighted by molar-refractivity contribution is 6.19. The van der Waals surface area contributed by atoms with Gasteiger partial charge in [-0.3, -0.25) is 9.13 Å². The summed E-state index contributed by atoms with van der Waals surface area (Å²) in [6.07, 6.45) is 3.75. The fourth-order valence-electron chi connectivity index (χ4n) is 16.5. The first kappa shape index (κ1) is 65.1. The molecule has 0 atom stereocenters. The van der Waals surface area contributed by atoms with Crippen molar-refractivity contribution in [1.82, 2.24) is 48.2 Å². The van der Waals surface area contributed by atoms with E-state index in [1.807, 2.05) is 97.3 Å². The van der Waals surface area contributed by atoms with E-state index in [0.717, 1.165) is 128 Å². The van der Waals surface area contributed by atoms with Gasteiger partial charge in [0.1, 0.15) is 11.3 Å². The lowest BCUT2D eigenvalue weighted by molar-refractivity contribution is 1.13. The van der Waals surface area contributed by atoms with Crippen LogP contribution < -0.4 is 0 Å². The molecule has 0 aliphatic carbocycles. The fourth-order valence-corrected chi connectivity index (χ4v) is 16.5. The predicted molar refractivity (Wildman–Crippen MR) is 460 cm³/mol. The second-order valence-corrected chi connectivity index (χ2v) is 28.1. The Morgan fingerprint density at radius 3 is 0.946 bits per heavy atom. The molecule has 22 aromatic rings. The summed E-state index contributed by atoms with van der Waals surface area (Å²) in [5.41, 5.74) is 27.4. The second-order valence-electron chi connectivity index (χ2n) is 28.1. The van der Waals surface area contributed by atoms with Gasteiger partial charge < -0.3 is 9.13 Å². The standard InChI is InChI=1S/2C51H33N5/c1-4-15-34(16-5-1)44-33-45(54-50(53-44)35-17-6-2-7-18-35)37-19-12-22-39(31-37)56-47-29-28-36(32-43(47)41-25-14-30-52-51(41)56)40-24-13-27-48-49(40)42-23-10-11-26-46(42)55(48)38-20-8-3-9-21-38;1-4-15-34(16-5-1)44-33-45(35-17-6-2-7-18-35)54-50(53-44)37-19-12-22-39(31-37)56-47-29-28-36(32-43(47)41-25-14-30-52-51(41)56)40-24-13-27-48-49(40)42-23-10-11-26-46(42)55(48)38-20-8-3-9-21-38/h2*1-33H. The molecule has 0 bridgehead atoms. The summed E-state index contributed by atoms with van der Waals surface area (Å²) in [4.78, 5) is 30.3. The SMILES string of the molecule is c1ccc(-c2cc(-c3cccc(-n4c5ccc(-c6cccc7c6c6ccccc6n7-c6ccccc6)cc5c5cccnc54)c3)nc(-c3ccccc3)n2)cc1.c1ccc(-c2cc(-c3ccccc3)nc(-c3cccc(-n4c5ccc(-c6cccc7c6c6ccccc6n7-c6ccccc6)cc5c5cccnc54)c3)n2)cc1. The van der Waals surface area contributed by atoms with Gasteiger partial charge in [-0.25, -0.2) is 29.9 Å². The lowest BCUT2D eigenvalue weighted by Gasteiger charge is -2.12. The molecule has 0 N–H and O–H groups in total. The first-order valence-corrected chi connectivity index (χ1v) is 37.7. The topological polar surface area (TPSA) is 97.1 Å². The highest BCUT2D eigenvalue weighted by atomic mass is 15.1. The van der Waals surface area contributed by atoms with Crippen molar-refractivity contribution in [2.24, 2.45) is 0 Å². The van der Waals surface area contributed by atoms with E-state index in [4.69, 9.17) is 29.9 Å². The number of pyridine rings is 2. The van der Waals surface area contributed by atoms with Gasteiger partial charge in [0.25, 0.3) is 0 Å². The summed E-state index contributed by atoms with van der Waals surface area (Å²) in [5.74, 6) is 1.37. The van der Waals surface area contributed by atoms with Gasteiger partial charge in [-0.1, -0.05) is 255 Å². The maximum atomic E-state index is 5.12. The molecular formula is C102H66N10.